The second kappa shape index (κ2) is 18.5. The maximum absolute atomic E-state index is 0. The Labute approximate surface area is 82.9 Å². The standard InChI is InChI=1S/Ag.K.2H2O/h;;2*1H2/q2*+1;;/p-2. The average Bonchev–Trinajstić information content (AvgIpc) is 0. The summed E-state index contributed by atoms with van der Waals surface area (Å²) in [6, 6.07) is 0. The summed E-state index contributed by atoms with van der Waals surface area (Å²) < 4.78 is 0. The number of hydrogen-bond donors (Lipinski definition) is 0. The Morgan fingerprint density at radius 3 is 0.750 bits per heavy atom. The van der Waals surface area contributed by atoms with Gasteiger partial charge in [0.1, 0.15) is 0 Å². The van der Waals surface area contributed by atoms with Crippen molar-refractivity contribution in [1.82, 2.24) is 0 Å². The van der Waals surface area contributed by atoms with Gasteiger partial charge in [-0.3, -0.25) is 0 Å². The van der Waals surface area contributed by atoms with Crippen LogP contribution in [0.3, 0.4) is 0 Å². The molecule has 0 aliphatic rings. The van der Waals surface area contributed by atoms with Gasteiger partial charge >= 0.3 is 73.8 Å². The van der Waals surface area contributed by atoms with E-state index in [-0.39, 0.29) is 84.7 Å². The van der Waals surface area contributed by atoms with Gasteiger partial charge in [0.2, 0.25) is 0 Å². The zero-order valence-electron chi connectivity index (χ0n) is 2.20. The van der Waals surface area contributed by atoms with E-state index in [4.69, 9.17) is 0 Å². The van der Waals surface area contributed by atoms with Gasteiger partial charge < -0.3 is 11.0 Å². The third-order valence-electron chi connectivity index (χ3n) is 0. The third kappa shape index (κ3) is 8.85. The van der Waals surface area contributed by atoms with Crippen molar-refractivity contribution in [2.45, 2.75) is 0 Å². The van der Waals surface area contributed by atoms with Gasteiger partial charge in [0.25, 0.3) is 0 Å². The molecule has 0 fully saturated rings. The van der Waals surface area contributed by atoms with Crippen molar-refractivity contribution in [3.05, 3.63) is 0 Å². The van der Waals surface area contributed by atoms with Crippen LogP contribution in [-0.4, -0.2) is 11.0 Å². The molecule has 0 aromatic carbocycles. The van der Waals surface area contributed by atoms with Gasteiger partial charge in [0.05, 0.1) is 0 Å². The quantitative estimate of drug-likeness (QED) is 0.366. The second-order valence-corrected chi connectivity index (χ2v) is 0. The molecule has 0 aromatic rings. The first-order valence-electron chi connectivity index (χ1n) is 0. The largest absolute Gasteiger partial charge is 1.00 e. The maximum atomic E-state index is 0. The van der Waals surface area contributed by atoms with E-state index in [0.717, 1.165) is 0 Å². The average molecular weight is 181 g/mol. The van der Waals surface area contributed by atoms with Crippen LogP contribution < -0.4 is 51.4 Å². The van der Waals surface area contributed by atoms with E-state index in [1.807, 2.05) is 0 Å². The molecule has 0 aliphatic heterocycles. The number of hydrogen-bond acceptors (Lipinski definition) is 2. The van der Waals surface area contributed by atoms with E-state index in [1.165, 1.54) is 0 Å². The minimum atomic E-state index is 0. The summed E-state index contributed by atoms with van der Waals surface area (Å²) in [4.78, 5) is 0. The molecule has 2 N–H and O–H groups in total. The molecular formula is H2AgKO2. The summed E-state index contributed by atoms with van der Waals surface area (Å²) in [7, 11) is 0. The van der Waals surface area contributed by atoms with Crippen LogP contribution in [0.5, 0.6) is 0 Å². The SMILES string of the molecule is [Ag+].[K+].[OH-].[OH-]. The Hall–Kier alpha value is 2.30. The van der Waals surface area contributed by atoms with Gasteiger partial charge in [0.15, 0.2) is 0 Å². The van der Waals surface area contributed by atoms with E-state index in [1.54, 1.807) is 0 Å². The van der Waals surface area contributed by atoms with Crippen molar-refractivity contribution in [2.75, 3.05) is 0 Å². The monoisotopic (exact) mass is 180 g/mol. The zero-order chi connectivity index (χ0) is 0. The summed E-state index contributed by atoms with van der Waals surface area (Å²) in [5.41, 5.74) is 0. The molecule has 0 atom stereocenters. The predicted octanol–water partition coefficient (Wildman–Crippen LogP) is -3.35. The molecule has 0 aliphatic carbocycles. The molecule has 0 amide bonds. The van der Waals surface area contributed by atoms with Gasteiger partial charge in [-0.2, -0.15) is 0 Å². The molecule has 4 heteroatoms. The molecule has 0 saturated heterocycles. The Balaban J connectivity index is 0. The minimum absolute atomic E-state index is 0. The van der Waals surface area contributed by atoms with Gasteiger partial charge in [-0.05, 0) is 0 Å². The second-order valence-electron chi connectivity index (χ2n) is 0. The molecule has 0 unspecified atom stereocenters. The van der Waals surface area contributed by atoms with Gasteiger partial charge in [-0.15, -0.1) is 0 Å². The molecule has 4 heavy (non-hydrogen) atoms. The van der Waals surface area contributed by atoms with Crippen LogP contribution in [0.15, 0.2) is 0 Å². The van der Waals surface area contributed by atoms with Crippen LogP contribution in [0.4, 0.5) is 0 Å². The molecule has 0 saturated carbocycles. The summed E-state index contributed by atoms with van der Waals surface area (Å²) in [5.74, 6) is 0. The summed E-state index contributed by atoms with van der Waals surface area (Å²) >= 11 is 0. The Bertz CT molecular complexity index is 6.00. The van der Waals surface area contributed by atoms with Crippen LogP contribution >= 0.6 is 0 Å². The Kier molecular flexibility index (Phi) is 155. The van der Waals surface area contributed by atoms with Crippen molar-refractivity contribution in [3.8, 4) is 0 Å². The molecule has 0 rings (SSSR count). The zero-order valence-corrected chi connectivity index (χ0v) is 6.80. The topological polar surface area (TPSA) is 60.0 Å². The third-order valence-corrected chi connectivity index (χ3v) is 0. The molecule has 0 radical (unpaired) electrons. The maximum Gasteiger partial charge on any atom is 1.00 e. The first kappa shape index (κ1) is 33.5. The molecule has 0 bridgehead atoms. The van der Waals surface area contributed by atoms with Crippen LogP contribution in [0, 0.1) is 0 Å². The van der Waals surface area contributed by atoms with Gasteiger partial charge in [-0.1, -0.05) is 0 Å². The molecule has 0 heterocycles. The van der Waals surface area contributed by atoms with E-state index in [0.29, 0.717) is 0 Å². The fourth-order valence-electron chi connectivity index (χ4n) is 0. The molecule has 26 valence electrons. The van der Waals surface area contributed by atoms with Crippen LogP contribution in [0.1, 0.15) is 0 Å². The van der Waals surface area contributed by atoms with E-state index >= 15 is 0 Å². The van der Waals surface area contributed by atoms with Crippen LogP contribution in [0.2, 0.25) is 0 Å². The van der Waals surface area contributed by atoms with Crippen molar-refractivity contribution in [3.63, 3.8) is 0 Å². The normalized spacial score (nSPS) is 0. The van der Waals surface area contributed by atoms with Crippen LogP contribution in [-0.2, 0) is 22.4 Å². The van der Waals surface area contributed by atoms with Crippen molar-refractivity contribution in [1.29, 1.82) is 0 Å². The fourth-order valence-corrected chi connectivity index (χ4v) is 0. The first-order chi connectivity index (χ1) is 0. The molecular weight excluding hydrogens is 179 g/mol. The van der Waals surface area contributed by atoms with Crippen molar-refractivity contribution < 1.29 is 84.7 Å². The molecule has 0 spiro atoms. The van der Waals surface area contributed by atoms with Crippen molar-refractivity contribution >= 4 is 0 Å². The number of rotatable bonds is 0. The van der Waals surface area contributed by atoms with Crippen molar-refractivity contribution in [2.24, 2.45) is 0 Å². The van der Waals surface area contributed by atoms with E-state index in [9.17, 15) is 0 Å². The Morgan fingerprint density at radius 2 is 0.750 bits per heavy atom. The molecule has 2 nitrogen and oxygen atoms in total. The minimum Gasteiger partial charge on any atom is -0.870 e. The predicted molar refractivity (Wildman–Crippen MR) is 3.87 cm³/mol. The first-order valence-corrected chi connectivity index (χ1v) is 0. The van der Waals surface area contributed by atoms with Gasteiger partial charge in [0, 0.05) is 0 Å². The summed E-state index contributed by atoms with van der Waals surface area (Å²) in [6.45, 7) is 0. The fraction of sp³-hybridized carbons (Fsp3) is 0. The van der Waals surface area contributed by atoms with Gasteiger partial charge in [-0.25, -0.2) is 0 Å². The summed E-state index contributed by atoms with van der Waals surface area (Å²) in [6.07, 6.45) is 0. The Morgan fingerprint density at radius 1 is 0.750 bits per heavy atom. The summed E-state index contributed by atoms with van der Waals surface area (Å²) in [5, 5.41) is 0. The van der Waals surface area contributed by atoms with Crippen LogP contribution in [0.25, 0.3) is 0 Å². The molecule has 0 aromatic heterocycles. The van der Waals surface area contributed by atoms with E-state index in [2.05, 4.69) is 0 Å². The smallest absolute Gasteiger partial charge is 0.870 e. The van der Waals surface area contributed by atoms with E-state index < -0.39 is 0 Å².